The van der Waals surface area contributed by atoms with Crippen LogP contribution in [0.4, 0.5) is 0 Å². The van der Waals surface area contributed by atoms with Crippen molar-refractivity contribution in [3.8, 4) is 0 Å². The van der Waals surface area contributed by atoms with Crippen LogP contribution in [0.3, 0.4) is 0 Å². The van der Waals surface area contributed by atoms with Gasteiger partial charge in [-0.1, -0.05) is 74.8 Å². The highest BCUT2D eigenvalue weighted by molar-refractivity contribution is 5.83. The number of amides is 1. The Hall–Kier alpha value is -2.18. The maximum atomic E-state index is 11.5. The van der Waals surface area contributed by atoms with Gasteiger partial charge >= 0.3 is 5.97 Å². The van der Waals surface area contributed by atoms with Crippen molar-refractivity contribution < 1.29 is 24.8 Å². The Morgan fingerprint density at radius 2 is 1.69 bits per heavy atom. The van der Waals surface area contributed by atoms with E-state index in [0.717, 1.165) is 44.9 Å². The molecule has 0 unspecified atom stereocenters. The number of carboxylic acids is 1. The first-order valence-corrected chi connectivity index (χ1v) is 10.5. The number of carboxylic acid groups (broad SMARTS) is 1. The van der Waals surface area contributed by atoms with Crippen LogP contribution in [0, 0.1) is 0 Å². The molecule has 0 aliphatic rings. The highest BCUT2D eigenvalue weighted by Crippen LogP contribution is 2.07. The number of unbranched alkanes of at least 4 members (excludes halogenated alkanes) is 3. The van der Waals surface area contributed by atoms with Gasteiger partial charge < -0.3 is 10.4 Å². The van der Waals surface area contributed by atoms with E-state index in [4.69, 9.17) is 10.4 Å². The Bertz CT molecular complexity index is 551. The van der Waals surface area contributed by atoms with Crippen LogP contribution < -0.4 is 5.32 Å². The van der Waals surface area contributed by atoms with Crippen LogP contribution in [0.15, 0.2) is 48.6 Å². The zero-order valence-electron chi connectivity index (χ0n) is 17.8. The van der Waals surface area contributed by atoms with Gasteiger partial charge in [0.15, 0.2) is 0 Å². The second-order valence-corrected chi connectivity index (χ2v) is 6.89. The SMILES string of the molecule is CCCCC[C@@H](/C=C/C=C\C/C=C\C/C=C\CCCC(=O)N[C@@H](C)C(=O)O)OO. The number of hydrogen-bond donors (Lipinski definition) is 3. The van der Waals surface area contributed by atoms with Gasteiger partial charge in [-0.25, -0.2) is 4.89 Å². The Labute approximate surface area is 175 Å². The van der Waals surface area contributed by atoms with E-state index in [-0.39, 0.29) is 12.0 Å². The molecule has 1 amide bonds. The molecule has 0 radical (unpaired) electrons. The van der Waals surface area contributed by atoms with Crippen LogP contribution in [-0.2, 0) is 14.5 Å². The molecular weight excluding hydrogens is 370 g/mol. The van der Waals surface area contributed by atoms with Crippen molar-refractivity contribution in [1.82, 2.24) is 5.32 Å². The molecule has 0 heterocycles. The predicted molar refractivity (Wildman–Crippen MR) is 117 cm³/mol. The summed E-state index contributed by atoms with van der Waals surface area (Å²) in [4.78, 5) is 26.6. The number of allylic oxidation sites excluding steroid dienone is 7. The van der Waals surface area contributed by atoms with Crippen LogP contribution in [0.5, 0.6) is 0 Å². The summed E-state index contributed by atoms with van der Waals surface area (Å²) in [6, 6.07) is -0.844. The molecule has 164 valence electrons. The fourth-order valence-corrected chi connectivity index (χ4v) is 2.44. The molecule has 0 spiro atoms. The zero-order valence-corrected chi connectivity index (χ0v) is 17.8. The molecule has 0 aliphatic carbocycles. The van der Waals surface area contributed by atoms with Gasteiger partial charge in [0, 0.05) is 6.42 Å². The van der Waals surface area contributed by atoms with Crippen LogP contribution >= 0.6 is 0 Å². The molecular formula is C23H37NO5. The van der Waals surface area contributed by atoms with Crippen molar-refractivity contribution in [2.45, 2.75) is 83.8 Å². The highest BCUT2D eigenvalue weighted by atomic mass is 17.1. The minimum Gasteiger partial charge on any atom is -0.480 e. The van der Waals surface area contributed by atoms with Crippen molar-refractivity contribution in [1.29, 1.82) is 0 Å². The van der Waals surface area contributed by atoms with E-state index in [1.807, 2.05) is 30.4 Å². The molecule has 0 aromatic rings. The van der Waals surface area contributed by atoms with Crippen LogP contribution in [0.1, 0.15) is 71.6 Å². The predicted octanol–water partition coefficient (Wildman–Crippen LogP) is 5.19. The smallest absolute Gasteiger partial charge is 0.325 e. The molecule has 0 aromatic heterocycles. The molecule has 0 aromatic carbocycles. The van der Waals surface area contributed by atoms with E-state index in [2.05, 4.69) is 35.4 Å². The second-order valence-electron chi connectivity index (χ2n) is 6.89. The topological polar surface area (TPSA) is 95.9 Å². The summed E-state index contributed by atoms with van der Waals surface area (Å²) < 4.78 is 0. The Morgan fingerprint density at radius 1 is 1.00 bits per heavy atom. The molecule has 6 nitrogen and oxygen atoms in total. The Kier molecular flexibility index (Phi) is 17.7. The Balaban J connectivity index is 3.77. The number of hydrogen-bond acceptors (Lipinski definition) is 4. The van der Waals surface area contributed by atoms with Crippen LogP contribution in [0.2, 0.25) is 0 Å². The largest absolute Gasteiger partial charge is 0.480 e. The molecule has 0 fully saturated rings. The first-order chi connectivity index (χ1) is 14.0. The quantitative estimate of drug-likeness (QED) is 0.101. The van der Waals surface area contributed by atoms with Crippen LogP contribution in [0.25, 0.3) is 0 Å². The van der Waals surface area contributed by atoms with Gasteiger partial charge in [-0.15, -0.1) is 0 Å². The second kappa shape index (κ2) is 19.2. The van der Waals surface area contributed by atoms with E-state index >= 15 is 0 Å². The maximum absolute atomic E-state index is 11.5. The third-order valence-electron chi connectivity index (χ3n) is 4.20. The minimum atomic E-state index is -1.03. The molecule has 0 bridgehead atoms. The molecule has 3 N–H and O–H groups in total. The Morgan fingerprint density at radius 3 is 2.34 bits per heavy atom. The first kappa shape index (κ1) is 26.8. The highest BCUT2D eigenvalue weighted by Gasteiger charge is 2.12. The summed E-state index contributed by atoms with van der Waals surface area (Å²) in [5, 5.41) is 20.0. The normalized spacial score (nSPS) is 14.3. The molecule has 6 heteroatoms. The summed E-state index contributed by atoms with van der Waals surface area (Å²) in [7, 11) is 0. The van der Waals surface area contributed by atoms with E-state index in [9.17, 15) is 9.59 Å². The fraction of sp³-hybridized carbons (Fsp3) is 0.565. The van der Waals surface area contributed by atoms with E-state index < -0.39 is 12.0 Å². The molecule has 0 saturated carbocycles. The van der Waals surface area contributed by atoms with E-state index in [1.165, 1.54) is 6.92 Å². The summed E-state index contributed by atoms with van der Waals surface area (Å²) >= 11 is 0. The fourth-order valence-electron chi connectivity index (χ4n) is 2.44. The van der Waals surface area contributed by atoms with Crippen LogP contribution in [-0.4, -0.2) is 34.4 Å². The molecule has 2 atom stereocenters. The average molecular weight is 408 g/mol. The molecule has 0 aliphatic heterocycles. The number of carbonyl (C=O) groups is 2. The summed E-state index contributed by atoms with van der Waals surface area (Å²) in [6.45, 7) is 3.59. The van der Waals surface area contributed by atoms with Crippen molar-refractivity contribution in [2.75, 3.05) is 0 Å². The van der Waals surface area contributed by atoms with Gasteiger partial charge in [0.2, 0.25) is 5.91 Å². The van der Waals surface area contributed by atoms with Gasteiger partial charge in [-0.05, 0) is 39.0 Å². The lowest BCUT2D eigenvalue weighted by atomic mass is 10.1. The van der Waals surface area contributed by atoms with Gasteiger partial charge in [0.05, 0.1) is 0 Å². The number of nitrogens with one attached hydrogen (secondary N) is 1. The van der Waals surface area contributed by atoms with E-state index in [1.54, 1.807) is 0 Å². The average Bonchev–Trinajstić information content (AvgIpc) is 2.69. The molecule has 29 heavy (non-hydrogen) atoms. The number of carbonyl (C=O) groups excluding carboxylic acids is 1. The lowest BCUT2D eigenvalue weighted by molar-refractivity contribution is -0.267. The number of rotatable bonds is 17. The first-order valence-electron chi connectivity index (χ1n) is 10.5. The monoisotopic (exact) mass is 407 g/mol. The number of aliphatic carboxylic acids is 1. The third-order valence-corrected chi connectivity index (χ3v) is 4.20. The van der Waals surface area contributed by atoms with Crippen molar-refractivity contribution in [3.63, 3.8) is 0 Å². The summed E-state index contributed by atoms with van der Waals surface area (Å²) in [6.07, 6.45) is 23.4. The third kappa shape index (κ3) is 17.6. The maximum Gasteiger partial charge on any atom is 0.325 e. The molecule has 0 saturated heterocycles. The van der Waals surface area contributed by atoms with Crippen molar-refractivity contribution >= 4 is 11.9 Å². The lowest BCUT2D eigenvalue weighted by Gasteiger charge is -2.08. The van der Waals surface area contributed by atoms with Gasteiger partial charge in [-0.2, -0.15) is 0 Å². The van der Waals surface area contributed by atoms with Crippen molar-refractivity contribution in [2.24, 2.45) is 0 Å². The molecule has 0 rings (SSSR count). The standard InChI is InChI=1S/C23H37NO5/c1-3-4-14-17-21(29-28)18-15-12-10-8-6-5-7-9-11-13-16-19-22(25)24-20(2)23(26)27/h5-6,9-12,15,18,20-21,28H,3-4,7-8,13-14,16-17,19H2,1-2H3,(H,24,25)(H,26,27)/b6-5-,11-9-,12-10-,18-15+/t20-,21-/m0/s1. The van der Waals surface area contributed by atoms with Gasteiger partial charge in [0.25, 0.3) is 0 Å². The lowest BCUT2D eigenvalue weighted by Crippen LogP contribution is -2.38. The summed E-state index contributed by atoms with van der Waals surface area (Å²) in [5.41, 5.74) is 0. The van der Waals surface area contributed by atoms with E-state index in [0.29, 0.717) is 12.8 Å². The minimum absolute atomic E-state index is 0.230. The van der Waals surface area contributed by atoms with Gasteiger partial charge in [-0.3, -0.25) is 14.8 Å². The summed E-state index contributed by atoms with van der Waals surface area (Å²) in [5.74, 6) is -1.26. The zero-order chi connectivity index (χ0) is 21.7. The van der Waals surface area contributed by atoms with Gasteiger partial charge in [0.1, 0.15) is 12.1 Å². The van der Waals surface area contributed by atoms with Crippen molar-refractivity contribution in [3.05, 3.63) is 48.6 Å².